The molecule has 2 rings (SSSR count). The first-order chi connectivity index (χ1) is 10.5. The zero-order valence-electron chi connectivity index (χ0n) is 15.0. The molecule has 1 fully saturated rings. The summed E-state index contributed by atoms with van der Waals surface area (Å²) in [6, 6.07) is 4.17. The number of hydrogen-bond acceptors (Lipinski definition) is 3. The molecule has 0 amide bonds. The summed E-state index contributed by atoms with van der Waals surface area (Å²) in [7, 11) is 0. The number of hydrogen-bond donors (Lipinski definition) is 3. The predicted octanol–water partition coefficient (Wildman–Crippen LogP) is 4.22. The zero-order chi connectivity index (χ0) is 17.4. The van der Waals surface area contributed by atoms with Crippen molar-refractivity contribution in [1.29, 1.82) is 0 Å². The molecule has 0 spiro atoms. The van der Waals surface area contributed by atoms with Crippen LogP contribution in [0.5, 0.6) is 0 Å². The molecule has 0 heterocycles. The Balaban J connectivity index is 2.20. The van der Waals surface area contributed by atoms with Crippen LogP contribution in [0, 0.1) is 17.8 Å². The van der Waals surface area contributed by atoms with Gasteiger partial charge in [0.05, 0.1) is 17.8 Å². The van der Waals surface area contributed by atoms with Gasteiger partial charge in [-0.15, -0.1) is 0 Å². The van der Waals surface area contributed by atoms with Crippen molar-refractivity contribution in [3.63, 3.8) is 0 Å². The zero-order valence-corrected chi connectivity index (χ0v) is 15.0. The Morgan fingerprint density at radius 2 is 1.83 bits per heavy atom. The smallest absolute Gasteiger partial charge is 0.307 e. The van der Waals surface area contributed by atoms with E-state index in [-0.39, 0.29) is 6.42 Å². The third-order valence-corrected chi connectivity index (χ3v) is 4.76. The molecule has 0 radical (unpaired) electrons. The lowest BCUT2D eigenvalue weighted by atomic mass is 9.63. The molecule has 0 aromatic heterocycles. The van der Waals surface area contributed by atoms with E-state index in [2.05, 4.69) is 33.0 Å². The summed E-state index contributed by atoms with van der Waals surface area (Å²) in [6.45, 7) is 11.2. The van der Waals surface area contributed by atoms with E-state index in [1.54, 1.807) is 6.07 Å². The summed E-state index contributed by atoms with van der Waals surface area (Å²) in [5, 5.41) is 12.6. The number of nitrogens with two attached hydrogens (primary N) is 1. The van der Waals surface area contributed by atoms with Crippen LogP contribution in [0.4, 0.5) is 11.4 Å². The lowest BCUT2D eigenvalue weighted by molar-refractivity contribution is -0.136. The molecule has 23 heavy (non-hydrogen) atoms. The van der Waals surface area contributed by atoms with E-state index in [4.69, 9.17) is 10.8 Å². The van der Waals surface area contributed by atoms with Crippen LogP contribution < -0.4 is 11.1 Å². The number of aliphatic carboxylic acids is 1. The minimum Gasteiger partial charge on any atom is -0.481 e. The highest BCUT2D eigenvalue weighted by Crippen LogP contribution is 2.46. The lowest BCUT2D eigenvalue weighted by Gasteiger charge is -2.45. The third-order valence-electron chi connectivity index (χ3n) is 4.76. The van der Waals surface area contributed by atoms with Gasteiger partial charge in [-0.25, -0.2) is 0 Å². The molecule has 1 aliphatic rings. The SMILES string of the molecule is Cc1cc(NC2CC(C)(C)CC(C)(C)C2)c(N)cc1CC(=O)O. The maximum atomic E-state index is 10.9. The molecule has 4 heteroatoms. The quantitative estimate of drug-likeness (QED) is 0.727. The highest BCUT2D eigenvalue weighted by Gasteiger charge is 2.38. The van der Waals surface area contributed by atoms with Gasteiger partial charge in [0.15, 0.2) is 0 Å². The Hall–Kier alpha value is -1.71. The fourth-order valence-electron chi connectivity index (χ4n) is 4.42. The van der Waals surface area contributed by atoms with Gasteiger partial charge in [0.1, 0.15) is 0 Å². The Labute approximate surface area is 139 Å². The summed E-state index contributed by atoms with van der Waals surface area (Å²) in [5.74, 6) is -0.830. The Kier molecular flexibility index (Phi) is 4.65. The number of rotatable bonds is 4. The van der Waals surface area contributed by atoms with Crippen LogP contribution in [0.25, 0.3) is 0 Å². The fourth-order valence-corrected chi connectivity index (χ4v) is 4.42. The van der Waals surface area contributed by atoms with E-state index in [0.717, 1.165) is 29.7 Å². The summed E-state index contributed by atoms with van der Waals surface area (Å²) in [6.07, 6.45) is 3.47. The number of nitrogens with one attached hydrogen (secondary N) is 1. The van der Waals surface area contributed by atoms with Gasteiger partial charge >= 0.3 is 5.97 Å². The second-order valence-corrected chi connectivity index (χ2v) is 8.69. The maximum Gasteiger partial charge on any atom is 0.307 e. The van der Waals surface area contributed by atoms with Crippen LogP contribution in [0.15, 0.2) is 12.1 Å². The molecule has 1 aromatic carbocycles. The number of aryl methyl sites for hydroxylation is 1. The molecule has 1 saturated carbocycles. The van der Waals surface area contributed by atoms with Gasteiger partial charge in [0.2, 0.25) is 0 Å². The summed E-state index contributed by atoms with van der Waals surface area (Å²) < 4.78 is 0. The van der Waals surface area contributed by atoms with Crippen LogP contribution in [0.2, 0.25) is 0 Å². The first kappa shape index (κ1) is 17.6. The largest absolute Gasteiger partial charge is 0.481 e. The molecule has 0 atom stereocenters. The van der Waals surface area contributed by atoms with Gasteiger partial charge < -0.3 is 16.2 Å². The molecule has 4 nitrogen and oxygen atoms in total. The maximum absolute atomic E-state index is 10.9. The minimum atomic E-state index is -0.830. The molecule has 4 N–H and O–H groups in total. The van der Waals surface area contributed by atoms with Crippen LogP contribution >= 0.6 is 0 Å². The fraction of sp³-hybridized carbons (Fsp3) is 0.632. The highest BCUT2D eigenvalue weighted by molar-refractivity contribution is 5.75. The van der Waals surface area contributed by atoms with Gasteiger partial charge in [-0.2, -0.15) is 0 Å². The van der Waals surface area contributed by atoms with Crippen molar-refractivity contribution < 1.29 is 9.90 Å². The van der Waals surface area contributed by atoms with E-state index in [1.807, 2.05) is 13.0 Å². The van der Waals surface area contributed by atoms with Crippen molar-refractivity contribution in [2.75, 3.05) is 11.1 Å². The van der Waals surface area contributed by atoms with Gasteiger partial charge in [-0.05, 0) is 60.3 Å². The topological polar surface area (TPSA) is 75.3 Å². The van der Waals surface area contributed by atoms with E-state index >= 15 is 0 Å². The monoisotopic (exact) mass is 318 g/mol. The van der Waals surface area contributed by atoms with Gasteiger partial charge in [0, 0.05) is 6.04 Å². The van der Waals surface area contributed by atoms with Gasteiger partial charge in [0.25, 0.3) is 0 Å². The van der Waals surface area contributed by atoms with Crippen LogP contribution in [-0.4, -0.2) is 17.1 Å². The molecule has 128 valence electrons. The Morgan fingerprint density at radius 1 is 1.26 bits per heavy atom. The standard InChI is InChI=1S/C19H30N2O2/c1-12-6-16(15(20)7-13(12)8-17(22)23)21-14-9-18(2,3)11-19(4,5)10-14/h6-7,14,21H,8-11,20H2,1-5H3,(H,22,23). The van der Waals surface area contributed by atoms with Crippen molar-refractivity contribution in [1.82, 2.24) is 0 Å². The minimum absolute atomic E-state index is 0.0137. The molecule has 1 aliphatic carbocycles. The Bertz CT molecular complexity index is 590. The van der Waals surface area contributed by atoms with E-state index in [9.17, 15) is 4.79 Å². The number of carboxylic acid groups (broad SMARTS) is 1. The number of anilines is 2. The van der Waals surface area contributed by atoms with Crippen molar-refractivity contribution in [2.45, 2.75) is 66.3 Å². The van der Waals surface area contributed by atoms with Crippen LogP contribution in [-0.2, 0) is 11.2 Å². The predicted molar refractivity (Wildman–Crippen MR) is 95.8 cm³/mol. The second kappa shape index (κ2) is 6.06. The highest BCUT2D eigenvalue weighted by atomic mass is 16.4. The first-order valence-corrected chi connectivity index (χ1v) is 8.35. The average Bonchev–Trinajstić information content (AvgIpc) is 2.30. The number of carbonyl (C=O) groups is 1. The van der Waals surface area contributed by atoms with Gasteiger partial charge in [-0.1, -0.05) is 27.7 Å². The molecule has 0 saturated heterocycles. The molecule has 0 bridgehead atoms. The summed E-state index contributed by atoms with van der Waals surface area (Å²) in [5.41, 5.74) is 10.1. The first-order valence-electron chi connectivity index (χ1n) is 8.35. The second-order valence-electron chi connectivity index (χ2n) is 8.69. The van der Waals surface area contributed by atoms with E-state index in [1.165, 1.54) is 6.42 Å². The average molecular weight is 318 g/mol. The molecular weight excluding hydrogens is 288 g/mol. The third kappa shape index (κ3) is 4.63. The van der Waals surface area contributed by atoms with Crippen molar-refractivity contribution in [3.8, 4) is 0 Å². The normalized spacial score (nSPS) is 20.2. The Morgan fingerprint density at radius 3 is 2.35 bits per heavy atom. The molecular formula is C19H30N2O2. The summed E-state index contributed by atoms with van der Waals surface area (Å²) >= 11 is 0. The number of carboxylic acids is 1. The van der Waals surface area contributed by atoms with E-state index < -0.39 is 5.97 Å². The van der Waals surface area contributed by atoms with Gasteiger partial charge in [-0.3, -0.25) is 4.79 Å². The number of nitrogen functional groups attached to an aromatic ring is 1. The lowest BCUT2D eigenvalue weighted by Crippen LogP contribution is -2.40. The molecule has 0 unspecified atom stereocenters. The van der Waals surface area contributed by atoms with Crippen molar-refractivity contribution in [2.24, 2.45) is 10.8 Å². The molecule has 1 aromatic rings. The summed E-state index contributed by atoms with van der Waals surface area (Å²) in [4.78, 5) is 10.9. The van der Waals surface area contributed by atoms with Crippen LogP contribution in [0.1, 0.15) is 58.1 Å². The van der Waals surface area contributed by atoms with Crippen molar-refractivity contribution >= 4 is 17.3 Å². The van der Waals surface area contributed by atoms with E-state index in [0.29, 0.717) is 22.6 Å². The molecule has 0 aliphatic heterocycles. The van der Waals surface area contributed by atoms with Crippen molar-refractivity contribution in [3.05, 3.63) is 23.3 Å². The van der Waals surface area contributed by atoms with Crippen LogP contribution in [0.3, 0.4) is 0 Å². The number of benzene rings is 1.